The van der Waals surface area contributed by atoms with Crippen LogP contribution in [-0.2, 0) is 9.84 Å². The van der Waals surface area contributed by atoms with Crippen molar-refractivity contribution in [3.8, 4) is 11.4 Å². The van der Waals surface area contributed by atoms with Crippen molar-refractivity contribution < 1.29 is 12.8 Å². The van der Waals surface area contributed by atoms with Crippen molar-refractivity contribution in [1.82, 2.24) is 15.2 Å². The molecule has 1 fully saturated rings. The Morgan fingerprint density at radius 1 is 1.53 bits per heavy atom. The van der Waals surface area contributed by atoms with Crippen LogP contribution in [0.25, 0.3) is 11.4 Å². The molecule has 2 aromatic rings. The third kappa shape index (κ3) is 2.69. The molecule has 0 bridgehead atoms. The Labute approximate surface area is 114 Å². The van der Waals surface area contributed by atoms with E-state index in [1.54, 1.807) is 6.26 Å². The van der Waals surface area contributed by atoms with Crippen LogP contribution >= 0.6 is 11.8 Å². The normalized spacial score (nSPS) is 21.8. The topological polar surface area (TPSA) is 88.8 Å². The summed E-state index contributed by atoms with van der Waals surface area (Å²) in [7, 11) is -2.86. The van der Waals surface area contributed by atoms with Gasteiger partial charge in [0.15, 0.2) is 15.7 Å². The van der Waals surface area contributed by atoms with Gasteiger partial charge in [-0.2, -0.15) is 0 Å². The highest BCUT2D eigenvalue weighted by molar-refractivity contribution is 8.01. The molecule has 1 aliphatic heterocycles. The quantitative estimate of drug-likeness (QED) is 0.927. The van der Waals surface area contributed by atoms with Gasteiger partial charge in [-0.1, -0.05) is 11.8 Å². The first-order valence-electron chi connectivity index (χ1n) is 5.87. The van der Waals surface area contributed by atoms with Crippen molar-refractivity contribution in [3.05, 3.63) is 18.1 Å². The van der Waals surface area contributed by atoms with E-state index >= 15 is 0 Å². The highest BCUT2D eigenvalue weighted by atomic mass is 32.2. The second-order valence-corrected chi connectivity index (χ2v) is 8.00. The van der Waals surface area contributed by atoms with E-state index < -0.39 is 9.84 Å². The van der Waals surface area contributed by atoms with Gasteiger partial charge in [-0.15, -0.1) is 5.10 Å². The summed E-state index contributed by atoms with van der Waals surface area (Å²) in [6, 6.07) is 1.82. The van der Waals surface area contributed by atoms with E-state index in [1.807, 2.05) is 13.0 Å². The lowest BCUT2D eigenvalue weighted by atomic mass is 10.2. The molecule has 19 heavy (non-hydrogen) atoms. The number of furan rings is 1. The van der Waals surface area contributed by atoms with Crippen LogP contribution in [0.3, 0.4) is 0 Å². The smallest absolute Gasteiger partial charge is 0.209 e. The van der Waals surface area contributed by atoms with E-state index in [0.717, 1.165) is 11.3 Å². The van der Waals surface area contributed by atoms with Crippen molar-refractivity contribution in [3.63, 3.8) is 0 Å². The third-order valence-corrected chi connectivity index (χ3v) is 6.15. The van der Waals surface area contributed by atoms with Crippen LogP contribution in [0.5, 0.6) is 0 Å². The number of aromatic nitrogens is 3. The van der Waals surface area contributed by atoms with Gasteiger partial charge in [0.2, 0.25) is 5.16 Å². The molecule has 3 heterocycles. The number of hydrogen-bond donors (Lipinski definition) is 1. The summed E-state index contributed by atoms with van der Waals surface area (Å²) < 4.78 is 28.0. The average molecular weight is 299 g/mol. The zero-order valence-electron chi connectivity index (χ0n) is 10.3. The van der Waals surface area contributed by atoms with Gasteiger partial charge in [0.1, 0.15) is 5.76 Å². The van der Waals surface area contributed by atoms with Gasteiger partial charge >= 0.3 is 0 Å². The van der Waals surface area contributed by atoms with Gasteiger partial charge in [0.25, 0.3) is 0 Å². The summed E-state index contributed by atoms with van der Waals surface area (Å²) in [5.41, 5.74) is 0.874. The minimum Gasteiger partial charge on any atom is -0.469 e. The number of nitrogens with zero attached hydrogens (tertiary/aromatic N) is 2. The Bertz CT molecular complexity index is 690. The van der Waals surface area contributed by atoms with Gasteiger partial charge in [-0.05, 0) is 19.4 Å². The number of hydrogen-bond acceptors (Lipinski definition) is 6. The fourth-order valence-corrected chi connectivity index (χ4v) is 5.42. The first-order valence-corrected chi connectivity index (χ1v) is 8.57. The lowest BCUT2D eigenvalue weighted by Gasteiger charge is -2.01. The summed E-state index contributed by atoms with van der Waals surface area (Å²) in [5, 5.41) is 7.60. The molecule has 1 atom stereocenters. The predicted octanol–water partition coefficient (Wildman–Crippen LogP) is 1.65. The first-order chi connectivity index (χ1) is 9.03. The van der Waals surface area contributed by atoms with Crippen molar-refractivity contribution in [2.45, 2.75) is 23.8 Å². The molecular formula is C11H13N3O3S2. The second kappa shape index (κ2) is 4.68. The number of aromatic amines is 1. The number of sulfone groups is 1. The van der Waals surface area contributed by atoms with Crippen molar-refractivity contribution in [2.24, 2.45) is 0 Å². The zero-order chi connectivity index (χ0) is 13.5. The molecular weight excluding hydrogens is 286 g/mol. The number of aryl methyl sites for hydroxylation is 1. The highest BCUT2D eigenvalue weighted by Gasteiger charge is 2.29. The molecule has 0 aromatic carbocycles. The first kappa shape index (κ1) is 12.7. The van der Waals surface area contributed by atoms with Crippen LogP contribution in [0.15, 0.2) is 21.9 Å². The number of H-pyrrole nitrogens is 1. The molecule has 1 N–H and O–H groups in total. The largest absolute Gasteiger partial charge is 0.469 e. The van der Waals surface area contributed by atoms with Crippen LogP contribution in [0.2, 0.25) is 0 Å². The van der Waals surface area contributed by atoms with Crippen molar-refractivity contribution in [2.75, 3.05) is 11.5 Å². The van der Waals surface area contributed by atoms with Gasteiger partial charge in [0, 0.05) is 5.25 Å². The maximum Gasteiger partial charge on any atom is 0.209 e. The fourth-order valence-electron chi connectivity index (χ4n) is 2.05. The molecule has 1 saturated heterocycles. The third-order valence-electron chi connectivity index (χ3n) is 3.04. The van der Waals surface area contributed by atoms with E-state index in [2.05, 4.69) is 15.2 Å². The van der Waals surface area contributed by atoms with E-state index in [4.69, 9.17) is 4.42 Å². The lowest BCUT2D eigenvalue weighted by molar-refractivity contribution is 0.535. The SMILES string of the molecule is Cc1occc1-c1nc(S[C@H]2CCS(=O)(=O)C2)n[nH]1. The van der Waals surface area contributed by atoms with Gasteiger partial charge < -0.3 is 4.42 Å². The van der Waals surface area contributed by atoms with Gasteiger partial charge in [0.05, 0.1) is 23.3 Å². The Kier molecular flexibility index (Phi) is 3.14. The molecule has 6 nitrogen and oxygen atoms in total. The highest BCUT2D eigenvalue weighted by Crippen LogP contribution is 2.30. The standard InChI is InChI=1S/C11H13N3O3S2/c1-7-9(2-4-17-7)10-12-11(14-13-10)18-8-3-5-19(15,16)6-8/h2,4,8H,3,5-6H2,1H3,(H,12,13,14)/t8-/m0/s1. The minimum absolute atomic E-state index is 0.0547. The number of thioether (sulfide) groups is 1. The van der Waals surface area contributed by atoms with Gasteiger partial charge in [-0.25, -0.2) is 13.4 Å². The Morgan fingerprint density at radius 2 is 2.37 bits per heavy atom. The molecule has 2 aromatic heterocycles. The Morgan fingerprint density at radius 3 is 3.00 bits per heavy atom. The average Bonchev–Trinajstić information content (AvgIpc) is 3.01. The van der Waals surface area contributed by atoms with Crippen molar-refractivity contribution in [1.29, 1.82) is 0 Å². The summed E-state index contributed by atoms with van der Waals surface area (Å²) in [6.45, 7) is 1.86. The number of nitrogens with one attached hydrogen (secondary N) is 1. The molecule has 0 radical (unpaired) electrons. The van der Waals surface area contributed by atoms with E-state index in [0.29, 0.717) is 17.4 Å². The van der Waals surface area contributed by atoms with E-state index in [-0.39, 0.29) is 16.8 Å². The van der Waals surface area contributed by atoms with Crippen LogP contribution in [-0.4, -0.2) is 40.4 Å². The summed E-state index contributed by atoms with van der Waals surface area (Å²) in [4.78, 5) is 4.37. The summed E-state index contributed by atoms with van der Waals surface area (Å²) in [5.74, 6) is 1.90. The molecule has 0 spiro atoms. The summed E-state index contributed by atoms with van der Waals surface area (Å²) >= 11 is 1.41. The molecule has 0 aliphatic carbocycles. The molecule has 8 heteroatoms. The molecule has 0 saturated carbocycles. The maximum atomic E-state index is 11.4. The van der Waals surface area contributed by atoms with Crippen LogP contribution < -0.4 is 0 Å². The molecule has 0 amide bonds. The predicted molar refractivity (Wildman–Crippen MR) is 71.7 cm³/mol. The lowest BCUT2D eigenvalue weighted by Crippen LogP contribution is -2.06. The van der Waals surface area contributed by atoms with Crippen LogP contribution in [0.4, 0.5) is 0 Å². The van der Waals surface area contributed by atoms with E-state index in [1.165, 1.54) is 11.8 Å². The number of rotatable bonds is 3. The Balaban J connectivity index is 1.74. The molecule has 102 valence electrons. The maximum absolute atomic E-state index is 11.4. The second-order valence-electron chi connectivity index (χ2n) is 4.50. The molecule has 1 aliphatic rings. The monoisotopic (exact) mass is 299 g/mol. The van der Waals surface area contributed by atoms with Crippen LogP contribution in [0, 0.1) is 6.92 Å². The van der Waals surface area contributed by atoms with E-state index in [9.17, 15) is 8.42 Å². The fraction of sp³-hybridized carbons (Fsp3) is 0.455. The van der Waals surface area contributed by atoms with Crippen LogP contribution in [0.1, 0.15) is 12.2 Å². The van der Waals surface area contributed by atoms with Crippen molar-refractivity contribution >= 4 is 21.6 Å². The van der Waals surface area contributed by atoms with Gasteiger partial charge in [-0.3, -0.25) is 5.10 Å². The summed E-state index contributed by atoms with van der Waals surface area (Å²) in [6.07, 6.45) is 2.27. The zero-order valence-corrected chi connectivity index (χ0v) is 11.9. The minimum atomic E-state index is -2.86. The molecule has 0 unspecified atom stereocenters. The molecule has 3 rings (SSSR count). The Hall–Kier alpha value is -1.28.